The van der Waals surface area contributed by atoms with E-state index in [9.17, 15) is 18.0 Å². The first kappa shape index (κ1) is 20.1. The Morgan fingerprint density at radius 3 is 2.17 bits per heavy atom. The van der Waals surface area contributed by atoms with Crippen molar-refractivity contribution in [1.82, 2.24) is 4.31 Å². The molecule has 1 heterocycles. The highest BCUT2D eigenvalue weighted by atomic mass is 35.5. The summed E-state index contributed by atoms with van der Waals surface area (Å²) in [6, 6.07) is 13.1. The number of rotatable bonds is 5. The van der Waals surface area contributed by atoms with E-state index in [1.54, 1.807) is 42.5 Å². The van der Waals surface area contributed by atoms with Crippen molar-refractivity contribution >= 4 is 39.1 Å². The van der Waals surface area contributed by atoms with E-state index in [1.807, 2.05) is 0 Å². The minimum atomic E-state index is -3.92. The third-order valence-corrected chi connectivity index (χ3v) is 7.75. The number of halogens is 1. The third-order valence-electron chi connectivity index (χ3n) is 5.52. The summed E-state index contributed by atoms with van der Waals surface area (Å²) in [5.74, 6) is -0.919. The van der Waals surface area contributed by atoms with Crippen LogP contribution in [0.4, 0.5) is 5.69 Å². The van der Waals surface area contributed by atoms with Crippen molar-refractivity contribution in [2.75, 3.05) is 4.90 Å². The molecule has 0 spiro atoms. The molecule has 2 aromatic rings. The van der Waals surface area contributed by atoms with Gasteiger partial charge in [-0.3, -0.25) is 9.59 Å². The lowest BCUT2D eigenvalue weighted by Gasteiger charge is -2.32. The fourth-order valence-electron chi connectivity index (χ4n) is 4.17. The molecule has 0 aromatic heterocycles. The quantitative estimate of drug-likeness (QED) is 0.676. The molecular formula is C21H21ClN2O4S. The maximum absolute atomic E-state index is 13.5. The average molecular weight is 433 g/mol. The van der Waals surface area contributed by atoms with Gasteiger partial charge >= 0.3 is 0 Å². The number of benzene rings is 2. The maximum Gasteiger partial charge on any atom is 0.252 e. The molecule has 2 amide bonds. The number of carbonyl (C=O) groups is 2. The standard InChI is InChI=1S/C21H21ClN2O4S/c22-15-10-12-16(13-11-15)23-20(25)14-19(21(23)26)24(17-6-4-5-7-17)29(27,28)18-8-2-1-3-9-18/h1-3,8-13,17,19H,4-7,14H2. The number of anilines is 1. The summed E-state index contributed by atoms with van der Waals surface area (Å²) in [6.07, 6.45) is 3.02. The molecule has 0 N–H and O–H groups in total. The Kier molecular flexibility index (Phi) is 5.46. The van der Waals surface area contributed by atoms with Crippen LogP contribution in [0.2, 0.25) is 5.02 Å². The molecule has 1 unspecified atom stereocenters. The van der Waals surface area contributed by atoms with Gasteiger partial charge in [-0.05, 0) is 49.2 Å². The van der Waals surface area contributed by atoms with Gasteiger partial charge in [-0.15, -0.1) is 0 Å². The zero-order chi connectivity index (χ0) is 20.6. The average Bonchev–Trinajstić information content (AvgIpc) is 3.32. The van der Waals surface area contributed by atoms with Crippen LogP contribution in [0.1, 0.15) is 32.1 Å². The van der Waals surface area contributed by atoms with Crippen LogP contribution >= 0.6 is 11.6 Å². The Labute approximate surface area is 175 Å². The molecule has 1 saturated carbocycles. The Bertz CT molecular complexity index is 1020. The summed E-state index contributed by atoms with van der Waals surface area (Å²) >= 11 is 5.91. The summed E-state index contributed by atoms with van der Waals surface area (Å²) in [6.45, 7) is 0. The molecule has 0 bridgehead atoms. The lowest BCUT2D eigenvalue weighted by molar-refractivity contribution is -0.122. The molecule has 1 saturated heterocycles. The molecule has 1 atom stereocenters. The summed E-state index contributed by atoms with van der Waals surface area (Å²) < 4.78 is 28.2. The van der Waals surface area contributed by atoms with E-state index in [1.165, 1.54) is 16.4 Å². The topological polar surface area (TPSA) is 74.8 Å². The van der Waals surface area contributed by atoms with E-state index < -0.39 is 27.9 Å². The fraction of sp³-hybridized carbons (Fsp3) is 0.333. The minimum Gasteiger partial charge on any atom is -0.274 e. The zero-order valence-corrected chi connectivity index (χ0v) is 17.3. The Hall–Kier alpha value is -2.22. The first-order chi connectivity index (χ1) is 13.9. The van der Waals surface area contributed by atoms with E-state index >= 15 is 0 Å². The number of amides is 2. The van der Waals surface area contributed by atoms with Gasteiger partial charge in [-0.1, -0.05) is 42.6 Å². The Morgan fingerprint density at radius 1 is 0.931 bits per heavy atom. The fourth-order valence-corrected chi connectivity index (χ4v) is 6.14. The van der Waals surface area contributed by atoms with Gasteiger partial charge in [-0.2, -0.15) is 4.31 Å². The van der Waals surface area contributed by atoms with Crippen molar-refractivity contribution < 1.29 is 18.0 Å². The zero-order valence-electron chi connectivity index (χ0n) is 15.7. The SMILES string of the molecule is O=C1CC(N(C2CCCC2)S(=O)(=O)c2ccccc2)C(=O)N1c1ccc(Cl)cc1. The van der Waals surface area contributed by atoms with Crippen molar-refractivity contribution in [2.45, 2.75) is 49.1 Å². The maximum atomic E-state index is 13.5. The first-order valence-electron chi connectivity index (χ1n) is 9.60. The van der Waals surface area contributed by atoms with E-state index in [2.05, 4.69) is 0 Å². The van der Waals surface area contributed by atoms with Gasteiger partial charge in [0, 0.05) is 11.1 Å². The highest BCUT2D eigenvalue weighted by Crippen LogP contribution is 2.35. The number of sulfonamides is 1. The van der Waals surface area contributed by atoms with Crippen molar-refractivity contribution in [3.63, 3.8) is 0 Å². The Morgan fingerprint density at radius 2 is 1.55 bits per heavy atom. The van der Waals surface area contributed by atoms with Gasteiger partial charge < -0.3 is 0 Å². The smallest absolute Gasteiger partial charge is 0.252 e. The van der Waals surface area contributed by atoms with Gasteiger partial charge in [0.15, 0.2) is 0 Å². The molecule has 2 aromatic carbocycles. The summed E-state index contributed by atoms with van der Waals surface area (Å²) in [5, 5.41) is 0.489. The number of carbonyl (C=O) groups excluding carboxylic acids is 2. The van der Waals surface area contributed by atoms with Crippen LogP contribution in [0.3, 0.4) is 0 Å². The second-order valence-corrected chi connectivity index (χ2v) is 9.63. The molecule has 2 aliphatic rings. The number of hydrogen-bond donors (Lipinski definition) is 0. The molecule has 29 heavy (non-hydrogen) atoms. The largest absolute Gasteiger partial charge is 0.274 e. The normalized spacial score (nSPS) is 20.8. The summed E-state index contributed by atoms with van der Waals surface area (Å²) in [5.41, 5.74) is 0.399. The van der Waals surface area contributed by atoms with Crippen LogP contribution in [0.25, 0.3) is 0 Å². The second kappa shape index (κ2) is 7.89. The van der Waals surface area contributed by atoms with Gasteiger partial charge in [0.25, 0.3) is 5.91 Å². The molecule has 6 nitrogen and oxygen atoms in total. The van der Waals surface area contributed by atoms with Gasteiger partial charge in [0.1, 0.15) is 6.04 Å². The van der Waals surface area contributed by atoms with Crippen LogP contribution in [0.15, 0.2) is 59.5 Å². The molecule has 8 heteroatoms. The second-order valence-electron chi connectivity index (χ2n) is 7.35. The van der Waals surface area contributed by atoms with Gasteiger partial charge in [-0.25, -0.2) is 13.3 Å². The highest BCUT2D eigenvalue weighted by molar-refractivity contribution is 7.89. The summed E-state index contributed by atoms with van der Waals surface area (Å²) in [4.78, 5) is 27.2. The minimum absolute atomic E-state index is 0.136. The van der Waals surface area contributed by atoms with Gasteiger partial charge in [0.2, 0.25) is 15.9 Å². The van der Waals surface area contributed by atoms with E-state index in [0.717, 1.165) is 17.7 Å². The molecule has 2 fully saturated rings. The van der Waals surface area contributed by atoms with E-state index in [0.29, 0.717) is 23.6 Å². The van der Waals surface area contributed by atoms with Crippen molar-refractivity contribution in [1.29, 1.82) is 0 Å². The van der Waals surface area contributed by atoms with Crippen LogP contribution in [-0.2, 0) is 19.6 Å². The number of hydrogen-bond acceptors (Lipinski definition) is 4. The van der Waals surface area contributed by atoms with Crippen LogP contribution in [0, 0.1) is 0 Å². The lowest BCUT2D eigenvalue weighted by Crippen LogP contribution is -2.49. The molecule has 1 aliphatic heterocycles. The van der Waals surface area contributed by atoms with E-state index in [4.69, 9.17) is 11.6 Å². The predicted octanol–water partition coefficient (Wildman–Crippen LogP) is 3.61. The van der Waals surface area contributed by atoms with Crippen LogP contribution < -0.4 is 4.90 Å². The molecule has 0 radical (unpaired) electrons. The summed E-state index contributed by atoms with van der Waals surface area (Å²) in [7, 11) is -3.92. The molecule has 4 rings (SSSR count). The monoisotopic (exact) mass is 432 g/mol. The molecule has 1 aliphatic carbocycles. The highest BCUT2D eigenvalue weighted by Gasteiger charge is 2.49. The number of imide groups is 1. The predicted molar refractivity (Wildman–Crippen MR) is 110 cm³/mol. The van der Waals surface area contributed by atoms with Gasteiger partial charge in [0.05, 0.1) is 17.0 Å². The number of nitrogens with zero attached hydrogens (tertiary/aromatic N) is 2. The first-order valence-corrected chi connectivity index (χ1v) is 11.4. The van der Waals surface area contributed by atoms with Crippen molar-refractivity contribution in [3.8, 4) is 0 Å². The Balaban J connectivity index is 1.73. The molecule has 152 valence electrons. The van der Waals surface area contributed by atoms with Crippen molar-refractivity contribution in [2.24, 2.45) is 0 Å². The lowest BCUT2D eigenvalue weighted by atomic mass is 10.2. The van der Waals surface area contributed by atoms with Crippen molar-refractivity contribution in [3.05, 3.63) is 59.6 Å². The van der Waals surface area contributed by atoms with Crippen LogP contribution in [0.5, 0.6) is 0 Å². The van der Waals surface area contributed by atoms with Crippen LogP contribution in [-0.4, -0.2) is 36.6 Å². The molecular weight excluding hydrogens is 412 g/mol. The third kappa shape index (κ3) is 3.70. The van der Waals surface area contributed by atoms with E-state index in [-0.39, 0.29) is 17.4 Å².